The molecule has 0 radical (unpaired) electrons. The monoisotopic (exact) mass is 430 g/mol. The van der Waals surface area contributed by atoms with E-state index in [4.69, 9.17) is 0 Å². The number of carbonyl (C=O) groups excluding carboxylic acids is 1. The number of hydrogen-bond donors (Lipinski definition) is 0. The lowest BCUT2D eigenvalue weighted by molar-refractivity contribution is -0.127. The molecule has 2 aromatic heterocycles. The van der Waals surface area contributed by atoms with Crippen LogP contribution in [0, 0.1) is 6.92 Å². The zero-order valence-electron chi connectivity index (χ0n) is 17.4. The number of amides is 1. The summed E-state index contributed by atoms with van der Waals surface area (Å²) < 4.78 is 1.49. The predicted octanol–water partition coefficient (Wildman–Crippen LogP) is 3.84. The highest BCUT2D eigenvalue weighted by Crippen LogP contribution is 2.21. The number of carbonyl (C=O) groups is 1. The predicted molar refractivity (Wildman–Crippen MR) is 124 cm³/mol. The largest absolute Gasteiger partial charge is 0.341 e. The summed E-state index contributed by atoms with van der Waals surface area (Å²) in [7, 11) is 1.78. The van der Waals surface area contributed by atoms with Crippen LogP contribution >= 0.6 is 11.8 Å². The minimum absolute atomic E-state index is 0.0417. The number of aryl methyl sites for hydroxylation is 1. The Bertz CT molecular complexity index is 1290. The molecule has 7 heteroatoms. The van der Waals surface area contributed by atoms with Crippen LogP contribution in [-0.4, -0.2) is 38.1 Å². The fourth-order valence-electron chi connectivity index (χ4n) is 3.24. The number of rotatable bonds is 6. The quantitative estimate of drug-likeness (QED) is 0.343. The van der Waals surface area contributed by atoms with Crippen molar-refractivity contribution >= 4 is 28.6 Å². The summed E-state index contributed by atoms with van der Waals surface area (Å²) in [4.78, 5) is 36.7. The number of benzene rings is 2. The molecule has 0 aliphatic heterocycles. The van der Waals surface area contributed by atoms with Crippen LogP contribution in [0.4, 0.5) is 0 Å². The summed E-state index contributed by atoms with van der Waals surface area (Å²) in [6.45, 7) is 2.47. The van der Waals surface area contributed by atoms with E-state index >= 15 is 0 Å². The molecule has 4 aromatic rings. The third-order valence-corrected chi connectivity index (χ3v) is 5.81. The first-order chi connectivity index (χ1) is 15.0. The molecule has 2 aromatic carbocycles. The topological polar surface area (TPSA) is 68.1 Å². The molecule has 0 aliphatic carbocycles. The van der Waals surface area contributed by atoms with E-state index in [2.05, 4.69) is 9.97 Å². The summed E-state index contributed by atoms with van der Waals surface area (Å²) in [5.74, 6) is 0.621. The van der Waals surface area contributed by atoms with Crippen LogP contribution in [0.15, 0.2) is 82.9 Å². The van der Waals surface area contributed by atoms with Crippen molar-refractivity contribution in [1.82, 2.24) is 19.4 Å². The summed E-state index contributed by atoms with van der Waals surface area (Å²) in [6.07, 6.45) is 1.67. The van der Waals surface area contributed by atoms with E-state index in [-0.39, 0.29) is 17.2 Å². The second-order valence-corrected chi connectivity index (χ2v) is 8.21. The SMILES string of the molecule is Cc1ccnc(-n2c(SCC(=O)N(C)Cc3ccccc3)nc3ccccc3c2=O)c1. The number of thioether (sulfide) groups is 1. The number of nitrogens with zero attached hydrogens (tertiary/aromatic N) is 4. The molecule has 0 unspecified atom stereocenters. The van der Waals surface area contributed by atoms with E-state index in [1.165, 1.54) is 16.3 Å². The van der Waals surface area contributed by atoms with Crippen molar-refractivity contribution < 1.29 is 4.79 Å². The summed E-state index contributed by atoms with van der Waals surface area (Å²) in [5, 5.41) is 0.964. The molecule has 0 bridgehead atoms. The smallest absolute Gasteiger partial charge is 0.267 e. The van der Waals surface area contributed by atoms with Crippen molar-refractivity contribution in [2.75, 3.05) is 12.8 Å². The lowest BCUT2D eigenvalue weighted by Gasteiger charge is -2.18. The maximum absolute atomic E-state index is 13.3. The fraction of sp³-hybridized carbons (Fsp3) is 0.167. The van der Waals surface area contributed by atoms with Gasteiger partial charge in [0, 0.05) is 19.8 Å². The molecular weight excluding hydrogens is 408 g/mol. The van der Waals surface area contributed by atoms with Crippen molar-refractivity contribution in [1.29, 1.82) is 0 Å². The Labute approximate surface area is 184 Å². The first-order valence-electron chi connectivity index (χ1n) is 9.88. The average Bonchev–Trinajstić information content (AvgIpc) is 2.78. The molecule has 31 heavy (non-hydrogen) atoms. The van der Waals surface area contributed by atoms with Gasteiger partial charge in [-0.25, -0.2) is 14.5 Å². The Balaban J connectivity index is 1.64. The van der Waals surface area contributed by atoms with Gasteiger partial charge >= 0.3 is 0 Å². The zero-order valence-corrected chi connectivity index (χ0v) is 18.2. The number of hydrogen-bond acceptors (Lipinski definition) is 5. The molecule has 0 aliphatic rings. The van der Waals surface area contributed by atoms with Gasteiger partial charge in [0.25, 0.3) is 5.56 Å². The standard InChI is InChI=1S/C24H22N4O2S/c1-17-12-13-25-21(14-17)28-23(30)19-10-6-7-11-20(19)26-24(28)31-16-22(29)27(2)15-18-8-4-3-5-9-18/h3-14H,15-16H2,1-2H3. The molecule has 0 saturated heterocycles. The number of pyridine rings is 1. The van der Waals surface area contributed by atoms with E-state index in [1.807, 2.05) is 61.5 Å². The maximum atomic E-state index is 13.3. The number of fused-ring (bicyclic) bond motifs is 1. The van der Waals surface area contributed by atoms with E-state index in [0.717, 1.165) is 11.1 Å². The van der Waals surface area contributed by atoms with Crippen molar-refractivity contribution in [3.63, 3.8) is 0 Å². The van der Waals surface area contributed by atoms with Gasteiger partial charge < -0.3 is 4.90 Å². The zero-order chi connectivity index (χ0) is 21.8. The molecule has 1 amide bonds. The van der Waals surface area contributed by atoms with Crippen LogP contribution in [0.5, 0.6) is 0 Å². The molecule has 4 rings (SSSR count). The molecule has 0 N–H and O–H groups in total. The van der Waals surface area contributed by atoms with Gasteiger partial charge in [0.05, 0.1) is 16.7 Å². The van der Waals surface area contributed by atoms with E-state index in [9.17, 15) is 9.59 Å². The van der Waals surface area contributed by atoms with Crippen LogP contribution in [0.2, 0.25) is 0 Å². The maximum Gasteiger partial charge on any atom is 0.267 e. The molecule has 0 saturated carbocycles. The van der Waals surface area contributed by atoms with Gasteiger partial charge in [0.15, 0.2) is 5.16 Å². The Morgan fingerprint density at radius 3 is 2.58 bits per heavy atom. The summed E-state index contributed by atoms with van der Waals surface area (Å²) >= 11 is 1.24. The molecule has 6 nitrogen and oxygen atoms in total. The fourth-order valence-corrected chi connectivity index (χ4v) is 4.18. The van der Waals surface area contributed by atoms with E-state index in [0.29, 0.717) is 28.4 Å². The molecule has 0 spiro atoms. The Kier molecular flexibility index (Phi) is 6.13. The van der Waals surface area contributed by atoms with Crippen molar-refractivity contribution in [2.24, 2.45) is 0 Å². The lowest BCUT2D eigenvalue weighted by Crippen LogP contribution is -2.28. The summed E-state index contributed by atoms with van der Waals surface area (Å²) in [5.41, 5.74) is 2.45. The van der Waals surface area contributed by atoms with Crippen molar-refractivity contribution in [3.05, 3.63) is 94.4 Å². The van der Waals surface area contributed by atoms with Crippen molar-refractivity contribution in [3.8, 4) is 5.82 Å². The third-order valence-electron chi connectivity index (χ3n) is 4.89. The lowest BCUT2D eigenvalue weighted by atomic mass is 10.2. The minimum Gasteiger partial charge on any atom is -0.341 e. The molecule has 156 valence electrons. The van der Waals surface area contributed by atoms with Gasteiger partial charge in [0.1, 0.15) is 5.82 Å². The minimum atomic E-state index is -0.198. The third kappa shape index (κ3) is 4.67. The Morgan fingerprint density at radius 2 is 1.81 bits per heavy atom. The highest BCUT2D eigenvalue weighted by molar-refractivity contribution is 7.99. The van der Waals surface area contributed by atoms with Gasteiger partial charge in [-0.2, -0.15) is 0 Å². The Morgan fingerprint density at radius 1 is 1.06 bits per heavy atom. The first kappa shape index (κ1) is 20.8. The average molecular weight is 431 g/mol. The van der Waals surface area contributed by atoms with Crippen molar-refractivity contribution in [2.45, 2.75) is 18.6 Å². The van der Waals surface area contributed by atoms with Crippen LogP contribution < -0.4 is 5.56 Å². The van der Waals surface area contributed by atoms with Gasteiger partial charge in [-0.1, -0.05) is 54.2 Å². The van der Waals surface area contributed by atoms with Crippen LogP contribution in [-0.2, 0) is 11.3 Å². The molecular formula is C24H22N4O2S. The number of para-hydroxylation sites is 1. The van der Waals surface area contributed by atoms with Gasteiger partial charge in [-0.15, -0.1) is 0 Å². The van der Waals surface area contributed by atoms with Crippen LogP contribution in [0.3, 0.4) is 0 Å². The second-order valence-electron chi connectivity index (χ2n) is 7.27. The highest BCUT2D eigenvalue weighted by Gasteiger charge is 2.17. The summed E-state index contributed by atoms with van der Waals surface area (Å²) in [6, 6.07) is 20.8. The number of aromatic nitrogens is 3. The van der Waals surface area contributed by atoms with Crippen LogP contribution in [0.1, 0.15) is 11.1 Å². The molecule has 0 atom stereocenters. The first-order valence-corrected chi connectivity index (χ1v) is 10.9. The van der Waals surface area contributed by atoms with Gasteiger partial charge in [-0.05, 0) is 42.3 Å². The van der Waals surface area contributed by atoms with E-state index < -0.39 is 0 Å². The second kappa shape index (κ2) is 9.14. The Hall–Kier alpha value is -3.45. The normalized spacial score (nSPS) is 10.9. The van der Waals surface area contributed by atoms with Gasteiger partial charge in [-0.3, -0.25) is 9.59 Å². The molecule has 2 heterocycles. The van der Waals surface area contributed by atoms with E-state index in [1.54, 1.807) is 30.3 Å². The van der Waals surface area contributed by atoms with Gasteiger partial charge in [0.2, 0.25) is 5.91 Å². The molecule has 0 fully saturated rings. The van der Waals surface area contributed by atoms with Crippen LogP contribution in [0.25, 0.3) is 16.7 Å². The highest BCUT2D eigenvalue weighted by atomic mass is 32.2.